The van der Waals surface area contributed by atoms with Crippen LogP contribution in [0.15, 0.2) is 30.3 Å². The van der Waals surface area contributed by atoms with Crippen molar-refractivity contribution in [1.82, 2.24) is 9.97 Å². The molecule has 0 unspecified atom stereocenters. The number of anilines is 1. The van der Waals surface area contributed by atoms with Crippen LogP contribution in [0.5, 0.6) is 5.75 Å². The summed E-state index contributed by atoms with van der Waals surface area (Å²) in [6.07, 6.45) is 1.06. The maximum atomic E-state index is 5.36. The second-order valence-electron chi connectivity index (χ2n) is 4.35. The van der Waals surface area contributed by atoms with Gasteiger partial charge in [-0.3, -0.25) is 0 Å². The SMILES string of the molecule is CCCNc1cc(C)nc(-c2ccccc2OC)n1. The fourth-order valence-electron chi connectivity index (χ4n) is 1.86. The number of aromatic nitrogens is 2. The van der Waals surface area contributed by atoms with Gasteiger partial charge in [0.05, 0.1) is 12.7 Å². The van der Waals surface area contributed by atoms with Gasteiger partial charge >= 0.3 is 0 Å². The largest absolute Gasteiger partial charge is 0.496 e. The number of nitrogens with zero attached hydrogens (tertiary/aromatic N) is 2. The van der Waals surface area contributed by atoms with E-state index < -0.39 is 0 Å². The molecule has 0 saturated heterocycles. The molecule has 2 rings (SSSR count). The third-order valence-corrected chi connectivity index (χ3v) is 2.76. The van der Waals surface area contributed by atoms with Gasteiger partial charge in [-0.2, -0.15) is 0 Å². The summed E-state index contributed by atoms with van der Waals surface area (Å²) in [4.78, 5) is 9.04. The van der Waals surface area contributed by atoms with Crippen LogP contribution in [0.1, 0.15) is 19.0 Å². The van der Waals surface area contributed by atoms with Gasteiger partial charge in [-0.25, -0.2) is 9.97 Å². The first kappa shape index (κ1) is 13.3. The van der Waals surface area contributed by atoms with Crippen LogP contribution in [0.4, 0.5) is 5.82 Å². The van der Waals surface area contributed by atoms with E-state index in [0.29, 0.717) is 5.82 Å². The number of hydrogen-bond acceptors (Lipinski definition) is 4. The standard InChI is InChI=1S/C15H19N3O/c1-4-9-16-14-10-11(2)17-15(18-14)12-7-5-6-8-13(12)19-3/h5-8,10H,4,9H2,1-3H3,(H,16,17,18). The summed E-state index contributed by atoms with van der Waals surface area (Å²) in [6, 6.07) is 9.74. The highest BCUT2D eigenvalue weighted by Crippen LogP contribution is 2.27. The number of aryl methyl sites for hydroxylation is 1. The van der Waals surface area contributed by atoms with E-state index in [4.69, 9.17) is 4.74 Å². The quantitative estimate of drug-likeness (QED) is 0.893. The van der Waals surface area contributed by atoms with Crippen molar-refractivity contribution in [2.45, 2.75) is 20.3 Å². The molecule has 1 aromatic carbocycles. The van der Waals surface area contributed by atoms with Crippen LogP contribution in [0.2, 0.25) is 0 Å². The zero-order chi connectivity index (χ0) is 13.7. The molecule has 100 valence electrons. The fraction of sp³-hybridized carbons (Fsp3) is 0.333. The number of methoxy groups -OCH3 is 1. The van der Waals surface area contributed by atoms with Gasteiger partial charge in [0.25, 0.3) is 0 Å². The number of para-hydroxylation sites is 1. The Bertz CT molecular complexity index is 555. The van der Waals surface area contributed by atoms with E-state index in [1.807, 2.05) is 37.3 Å². The molecule has 0 aliphatic carbocycles. The highest BCUT2D eigenvalue weighted by Gasteiger charge is 2.09. The minimum absolute atomic E-state index is 0.691. The minimum Gasteiger partial charge on any atom is -0.496 e. The molecule has 0 atom stereocenters. The Labute approximate surface area is 113 Å². The number of nitrogens with one attached hydrogen (secondary N) is 1. The summed E-state index contributed by atoms with van der Waals surface area (Å²) in [5, 5.41) is 3.29. The number of hydrogen-bond donors (Lipinski definition) is 1. The van der Waals surface area contributed by atoms with Crippen molar-refractivity contribution < 1.29 is 4.74 Å². The van der Waals surface area contributed by atoms with E-state index >= 15 is 0 Å². The van der Waals surface area contributed by atoms with Crippen LogP contribution in [0, 0.1) is 6.92 Å². The first-order chi connectivity index (χ1) is 9.24. The van der Waals surface area contributed by atoms with Crippen molar-refractivity contribution >= 4 is 5.82 Å². The molecule has 0 aliphatic heterocycles. The molecule has 0 saturated carbocycles. The molecule has 0 bridgehead atoms. The normalized spacial score (nSPS) is 10.3. The second kappa shape index (κ2) is 6.18. The average Bonchev–Trinajstić information content (AvgIpc) is 2.44. The summed E-state index contributed by atoms with van der Waals surface area (Å²) in [7, 11) is 1.66. The summed E-state index contributed by atoms with van der Waals surface area (Å²) >= 11 is 0. The lowest BCUT2D eigenvalue weighted by Gasteiger charge is -2.10. The Balaban J connectivity index is 2.41. The Morgan fingerprint density at radius 3 is 2.74 bits per heavy atom. The number of rotatable bonds is 5. The fourth-order valence-corrected chi connectivity index (χ4v) is 1.86. The summed E-state index contributed by atoms with van der Waals surface area (Å²) < 4.78 is 5.36. The van der Waals surface area contributed by atoms with Gasteiger partial charge in [0.15, 0.2) is 5.82 Å². The van der Waals surface area contributed by atoms with Crippen LogP contribution < -0.4 is 10.1 Å². The summed E-state index contributed by atoms with van der Waals surface area (Å²) in [6.45, 7) is 5.00. The van der Waals surface area contributed by atoms with Crippen molar-refractivity contribution in [2.24, 2.45) is 0 Å². The molecule has 0 spiro atoms. The summed E-state index contributed by atoms with van der Waals surface area (Å²) in [5.74, 6) is 2.33. The van der Waals surface area contributed by atoms with Crippen molar-refractivity contribution in [3.8, 4) is 17.1 Å². The highest BCUT2D eigenvalue weighted by molar-refractivity contribution is 5.65. The number of benzene rings is 1. The third-order valence-electron chi connectivity index (χ3n) is 2.76. The Hall–Kier alpha value is -2.10. The predicted molar refractivity (Wildman–Crippen MR) is 77.5 cm³/mol. The van der Waals surface area contributed by atoms with Gasteiger partial charge in [0.2, 0.25) is 0 Å². The molecule has 2 aromatic rings. The van der Waals surface area contributed by atoms with E-state index in [-0.39, 0.29) is 0 Å². The Kier molecular flexibility index (Phi) is 4.34. The highest BCUT2D eigenvalue weighted by atomic mass is 16.5. The van der Waals surface area contributed by atoms with E-state index in [2.05, 4.69) is 22.2 Å². The van der Waals surface area contributed by atoms with Gasteiger partial charge in [-0.05, 0) is 25.5 Å². The average molecular weight is 257 g/mol. The maximum Gasteiger partial charge on any atom is 0.165 e. The first-order valence-corrected chi connectivity index (χ1v) is 6.47. The van der Waals surface area contributed by atoms with E-state index in [1.165, 1.54) is 0 Å². The lowest BCUT2D eigenvalue weighted by atomic mass is 10.2. The van der Waals surface area contributed by atoms with Crippen LogP contribution >= 0.6 is 0 Å². The lowest BCUT2D eigenvalue weighted by Crippen LogP contribution is -2.04. The molecule has 4 heteroatoms. The minimum atomic E-state index is 0.691. The molecule has 1 aromatic heterocycles. The molecule has 1 N–H and O–H groups in total. The first-order valence-electron chi connectivity index (χ1n) is 6.47. The van der Waals surface area contributed by atoms with Crippen LogP contribution in [0.25, 0.3) is 11.4 Å². The van der Waals surface area contributed by atoms with Gasteiger partial charge < -0.3 is 10.1 Å². The van der Waals surface area contributed by atoms with Gasteiger partial charge in [-0.15, -0.1) is 0 Å². The van der Waals surface area contributed by atoms with Gasteiger partial charge in [-0.1, -0.05) is 19.1 Å². The van der Waals surface area contributed by atoms with Crippen molar-refractivity contribution in [3.63, 3.8) is 0 Å². The predicted octanol–water partition coefficient (Wildman–Crippen LogP) is 3.28. The third kappa shape index (κ3) is 3.22. The molecular formula is C15H19N3O. The van der Waals surface area contributed by atoms with Crippen LogP contribution in [-0.2, 0) is 0 Å². The second-order valence-corrected chi connectivity index (χ2v) is 4.35. The van der Waals surface area contributed by atoms with Crippen molar-refractivity contribution in [1.29, 1.82) is 0 Å². The lowest BCUT2D eigenvalue weighted by molar-refractivity contribution is 0.416. The Morgan fingerprint density at radius 1 is 1.21 bits per heavy atom. The van der Waals surface area contributed by atoms with E-state index in [0.717, 1.165) is 35.8 Å². The molecule has 0 radical (unpaired) electrons. The molecular weight excluding hydrogens is 238 g/mol. The molecule has 0 aliphatic rings. The van der Waals surface area contributed by atoms with E-state index in [9.17, 15) is 0 Å². The molecule has 0 fully saturated rings. The van der Waals surface area contributed by atoms with Crippen LogP contribution in [-0.4, -0.2) is 23.6 Å². The van der Waals surface area contributed by atoms with Crippen molar-refractivity contribution in [2.75, 3.05) is 19.0 Å². The zero-order valence-electron chi connectivity index (χ0n) is 11.6. The van der Waals surface area contributed by atoms with Crippen LogP contribution in [0.3, 0.4) is 0 Å². The zero-order valence-corrected chi connectivity index (χ0v) is 11.6. The monoisotopic (exact) mass is 257 g/mol. The number of ether oxygens (including phenoxy) is 1. The molecule has 0 amide bonds. The topological polar surface area (TPSA) is 47.0 Å². The molecule has 1 heterocycles. The maximum absolute atomic E-state index is 5.36. The van der Waals surface area contributed by atoms with Gasteiger partial charge in [0.1, 0.15) is 11.6 Å². The molecule has 19 heavy (non-hydrogen) atoms. The van der Waals surface area contributed by atoms with E-state index in [1.54, 1.807) is 7.11 Å². The summed E-state index contributed by atoms with van der Waals surface area (Å²) in [5.41, 5.74) is 1.85. The Morgan fingerprint density at radius 2 is 2.00 bits per heavy atom. The smallest absolute Gasteiger partial charge is 0.165 e. The van der Waals surface area contributed by atoms with Crippen molar-refractivity contribution in [3.05, 3.63) is 36.0 Å². The molecule has 4 nitrogen and oxygen atoms in total. The van der Waals surface area contributed by atoms with Gasteiger partial charge in [0, 0.05) is 18.3 Å².